The van der Waals surface area contributed by atoms with Crippen molar-refractivity contribution in [2.24, 2.45) is 5.92 Å². The van der Waals surface area contributed by atoms with Crippen molar-refractivity contribution in [3.05, 3.63) is 48.0 Å². The first-order valence-corrected chi connectivity index (χ1v) is 9.59. The summed E-state index contributed by atoms with van der Waals surface area (Å²) in [5, 5.41) is 28.7. The highest BCUT2D eigenvalue weighted by Gasteiger charge is 2.38. The SMILES string of the molecule is Cc1ccc(O)c(-c2nc(N[C@@H]3CNC[C@H]3C(C)(C)O)c3ccccc3n2)c1. The van der Waals surface area contributed by atoms with E-state index in [2.05, 4.69) is 15.6 Å². The van der Waals surface area contributed by atoms with E-state index in [1.165, 1.54) is 0 Å². The number of aliphatic hydroxyl groups is 1. The molecule has 2 atom stereocenters. The summed E-state index contributed by atoms with van der Waals surface area (Å²) in [6, 6.07) is 13.3. The number of aromatic nitrogens is 2. The second-order valence-corrected chi connectivity index (χ2v) is 8.10. The van der Waals surface area contributed by atoms with Crippen LogP contribution < -0.4 is 10.6 Å². The molecule has 1 aliphatic heterocycles. The van der Waals surface area contributed by atoms with Crippen molar-refractivity contribution in [3.63, 3.8) is 0 Å². The van der Waals surface area contributed by atoms with Crippen LogP contribution in [0.4, 0.5) is 5.82 Å². The topological polar surface area (TPSA) is 90.3 Å². The Morgan fingerprint density at radius 3 is 2.68 bits per heavy atom. The van der Waals surface area contributed by atoms with Gasteiger partial charge >= 0.3 is 0 Å². The van der Waals surface area contributed by atoms with Crippen molar-refractivity contribution in [2.45, 2.75) is 32.4 Å². The highest BCUT2D eigenvalue weighted by atomic mass is 16.3. The molecule has 2 heterocycles. The first-order valence-electron chi connectivity index (χ1n) is 9.59. The van der Waals surface area contributed by atoms with Gasteiger partial charge in [-0.1, -0.05) is 23.8 Å². The Balaban J connectivity index is 1.80. The molecule has 6 nitrogen and oxygen atoms in total. The van der Waals surface area contributed by atoms with E-state index in [-0.39, 0.29) is 17.7 Å². The lowest BCUT2D eigenvalue weighted by Gasteiger charge is -2.31. The van der Waals surface area contributed by atoms with E-state index in [0.717, 1.165) is 29.6 Å². The molecule has 0 bridgehead atoms. The van der Waals surface area contributed by atoms with Crippen LogP contribution in [0.1, 0.15) is 19.4 Å². The Morgan fingerprint density at radius 2 is 1.89 bits per heavy atom. The molecular weight excluding hydrogens is 352 g/mol. The maximum atomic E-state index is 10.5. The van der Waals surface area contributed by atoms with Crippen molar-refractivity contribution >= 4 is 16.7 Å². The fourth-order valence-corrected chi connectivity index (χ4v) is 3.88. The van der Waals surface area contributed by atoms with Gasteiger partial charge < -0.3 is 20.8 Å². The molecule has 1 aliphatic rings. The normalized spacial score (nSPS) is 19.9. The maximum absolute atomic E-state index is 10.5. The number of nitrogens with zero attached hydrogens (tertiary/aromatic N) is 2. The largest absolute Gasteiger partial charge is 0.507 e. The minimum atomic E-state index is -0.804. The van der Waals surface area contributed by atoms with Crippen LogP contribution in [0, 0.1) is 12.8 Å². The third-order valence-electron chi connectivity index (χ3n) is 5.44. The first-order chi connectivity index (χ1) is 13.3. The van der Waals surface area contributed by atoms with Gasteiger partial charge in [0.15, 0.2) is 5.82 Å². The molecule has 3 aromatic rings. The van der Waals surface area contributed by atoms with Crippen LogP contribution in [0.3, 0.4) is 0 Å². The Morgan fingerprint density at radius 1 is 1.11 bits per heavy atom. The second kappa shape index (κ2) is 7.04. The summed E-state index contributed by atoms with van der Waals surface area (Å²) in [7, 11) is 0. The van der Waals surface area contributed by atoms with Crippen LogP contribution in [-0.2, 0) is 0 Å². The second-order valence-electron chi connectivity index (χ2n) is 8.10. The summed E-state index contributed by atoms with van der Waals surface area (Å²) in [5.74, 6) is 1.40. The molecule has 0 unspecified atom stereocenters. The molecule has 1 saturated heterocycles. The molecule has 2 aromatic carbocycles. The Kier molecular flexibility index (Phi) is 4.69. The number of phenols is 1. The Bertz CT molecular complexity index is 1010. The summed E-state index contributed by atoms with van der Waals surface area (Å²) >= 11 is 0. The van der Waals surface area contributed by atoms with Crippen LogP contribution in [0.25, 0.3) is 22.3 Å². The number of para-hydroxylation sites is 1. The zero-order chi connectivity index (χ0) is 19.9. The van der Waals surface area contributed by atoms with Gasteiger partial charge in [-0.15, -0.1) is 0 Å². The van der Waals surface area contributed by atoms with E-state index in [0.29, 0.717) is 17.2 Å². The molecule has 146 valence electrons. The minimum Gasteiger partial charge on any atom is -0.507 e. The van der Waals surface area contributed by atoms with E-state index in [4.69, 9.17) is 4.98 Å². The zero-order valence-corrected chi connectivity index (χ0v) is 16.4. The highest BCUT2D eigenvalue weighted by Crippen LogP contribution is 2.32. The molecule has 0 spiro atoms. The molecular formula is C22H26N4O2. The van der Waals surface area contributed by atoms with Crippen LogP contribution in [-0.4, -0.2) is 44.9 Å². The molecule has 4 rings (SSSR count). The van der Waals surface area contributed by atoms with Gasteiger partial charge in [-0.25, -0.2) is 9.97 Å². The lowest BCUT2D eigenvalue weighted by atomic mass is 9.87. The van der Waals surface area contributed by atoms with Crippen LogP contribution in [0.5, 0.6) is 5.75 Å². The average molecular weight is 378 g/mol. The number of hydrogen-bond acceptors (Lipinski definition) is 6. The van der Waals surface area contributed by atoms with E-state index >= 15 is 0 Å². The number of rotatable bonds is 4. The van der Waals surface area contributed by atoms with Crippen molar-refractivity contribution in [1.29, 1.82) is 0 Å². The van der Waals surface area contributed by atoms with Gasteiger partial charge in [0, 0.05) is 30.4 Å². The number of anilines is 1. The molecule has 0 amide bonds. The molecule has 28 heavy (non-hydrogen) atoms. The van der Waals surface area contributed by atoms with Gasteiger partial charge in [0.1, 0.15) is 11.6 Å². The fraction of sp³-hybridized carbons (Fsp3) is 0.364. The maximum Gasteiger partial charge on any atom is 0.165 e. The molecule has 0 radical (unpaired) electrons. The summed E-state index contributed by atoms with van der Waals surface area (Å²) in [4.78, 5) is 9.44. The molecule has 0 aliphatic carbocycles. The monoisotopic (exact) mass is 378 g/mol. The van der Waals surface area contributed by atoms with Crippen molar-refractivity contribution in [1.82, 2.24) is 15.3 Å². The van der Waals surface area contributed by atoms with Gasteiger partial charge in [0.25, 0.3) is 0 Å². The average Bonchev–Trinajstić information content (AvgIpc) is 3.12. The standard InChI is InChI=1S/C22H26N4O2/c1-13-8-9-19(27)15(10-13)21-24-17-7-5-4-6-14(17)20(26-21)25-18-12-23-11-16(18)22(2,3)28/h4-10,16,18,23,27-28H,11-12H2,1-3H3,(H,24,25,26)/t16-,18-/m1/s1. The van der Waals surface area contributed by atoms with Crippen molar-refractivity contribution < 1.29 is 10.2 Å². The number of phenolic OH excluding ortho intramolecular Hbond substituents is 1. The van der Waals surface area contributed by atoms with Gasteiger partial charge in [0.2, 0.25) is 0 Å². The molecule has 6 heteroatoms. The molecule has 1 aromatic heterocycles. The van der Waals surface area contributed by atoms with E-state index in [9.17, 15) is 10.2 Å². The molecule has 0 saturated carbocycles. The quantitative estimate of drug-likeness (QED) is 0.558. The van der Waals surface area contributed by atoms with Gasteiger partial charge in [-0.3, -0.25) is 0 Å². The number of nitrogens with one attached hydrogen (secondary N) is 2. The van der Waals surface area contributed by atoms with E-state index in [1.807, 2.05) is 57.2 Å². The summed E-state index contributed by atoms with van der Waals surface area (Å²) in [6.45, 7) is 7.15. The molecule has 1 fully saturated rings. The number of benzene rings is 2. The predicted molar refractivity (Wildman–Crippen MR) is 111 cm³/mol. The summed E-state index contributed by atoms with van der Waals surface area (Å²) in [5.41, 5.74) is 1.64. The van der Waals surface area contributed by atoms with Gasteiger partial charge in [-0.05, 0) is 45.0 Å². The Hall–Kier alpha value is -2.70. The number of aryl methyl sites for hydroxylation is 1. The number of hydrogen-bond donors (Lipinski definition) is 4. The minimum absolute atomic E-state index is 0.0391. The summed E-state index contributed by atoms with van der Waals surface area (Å²) in [6.07, 6.45) is 0. The lowest BCUT2D eigenvalue weighted by Crippen LogP contribution is -2.42. The fourth-order valence-electron chi connectivity index (χ4n) is 3.88. The smallest absolute Gasteiger partial charge is 0.165 e. The Labute approximate surface area is 164 Å². The molecule has 4 N–H and O–H groups in total. The van der Waals surface area contributed by atoms with Crippen LogP contribution in [0.15, 0.2) is 42.5 Å². The number of aromatic hydroxyl groups is 1. The highest BCUT2D eigenvalue weighted by molar-refractivity contribution is 5.91. The first kappa shape index (κ1) is 18.7. The van der Waals surface area contributed by atoms with Crippen molar-refractivity contribution in [2.75, 3.05) is 18.4 Å². The third-order valence-corrected chi connectivity index (χ3v) is 5.44. The van der Waals surface area contributed by atoms with Crippen LogP contribution >= 0.6 is 0 Å². The van der Waals surface area contributed by atoms with Gasteiger partial charge in [0.05, 0.1) is 16.7 Å². The van der Waals surface area contributed by atoms with E-state index in [1.54, 1.807) is 6.07 Å². The number of fused-ring (bicyclic) bond motifs is 1. The van der Waals surface area contributed by atoms with E-state index < -0.39 is 5.60 Å². The van der Waals surface area contributed by atoms with Crippen molar-refractivity contribution in [3.8, 4) is 17.1 Å². The zero-order valence-electron chi connectivity index (χ0n) is 16.4. The van der Waals surface area contributed by atoms with Crippen LogP contribution in [0.2, 0.25) is 0 Å². The third kappa shape index (κ3) is 3.53. The van der Waals surface area contributed by atoms with Gasteiger partial charge in [-0.2, -0.15) is 0 Å². The predicted octanol–water partition coefficient (Wildman–Crippen LogP) is 3.08. The summed E-state index contributed by atoms with van der Waals surface area (Å²) < 4.78 is 0. The lowest BCUT2D eigenvalue weighted by molar-refractivity contribution is 0.0219.